The highest BCUT2D eigenvalue weighted by atomic mass is 16.5. The van der Waals surface area contributed by atoms with E-state index in [1.807, 2.05) is 0 Å². The van der Waals surface area contributed by atoms with Gasteiger partial charge >= 0.3 is 0 Å². The van der Waals surface area contributed by atoms with Gasteiger partial charge in [0.1, 0.15) is 5.78 Å². The second kappa shape index (κ2) is 9.83. The highest BCUT2D eigenvalue weighted by Gasteiger charge is 2.03. The van der Waals surface area contributed by atoms with Gasteiger partial charge in [0.15, 0.2) is 0 Å². The molecule has 2 nitrogen and oxygen atoms in total. The summed E-state index contributed by atoms with van der Waals surface area (Å²) in [6.07, 6.45) is 4.45. The van der Waals surface area contributed by atoms with Crippen LogP contribution in [0, 0.1) is 11.8 Å². The zero-order valence-electron chi connectivity index (χ0n) is 11.4. The molecule has 0 rings (SSSR count). The van der Waals surface area contributed by atoms with Gasteiger partial charge in [0.2, 0.25) is 0 Å². The molecule has 0 aromatic heterocycles. The fourth-order valence-corrected chi connectivity index (χ4v) is 1.37. The second-order valence-corrected chi connectivity index (χ2v) is 5.37. The average molecular weight is 228 g/mol. The Morgan fingerprint density at radius 2 is 1.56 bits per heavy atom. The van der Waals surface area contributed by atoms with Crippen LogP contribution in [0.15, 0.2) is 0 Å². The number of Topliss-reactive ketones (excluding diaryl/α,β-unsaturated/α-hetero) is 1. The topological polar surface area (TPSA) is 26.3 Å². The van der Waals surface area contributed by atoms with Crippen LogP contribution >= 0.6 is 0 Å². The fraction of sp³-hybridized carbons (Fsp3) is 0.929. The number of hydrogen-bond acceptors (Lipinski definition) is 2. The van der Waals surface area contributed by atoms with Crippen molar-refractivity contribution >= 4 is 5.78 Å². The van der Waals surface area contributed by atoms with Crippen LogP contribution in [0.25, 0.3) is 0 Å². The van der Waals surface area contributed by atoms with Crippen molar-refractivity contribution in [1.82, 2.24) is 0 Å². The van der Waals surface area contributed by atoms with Gasteiger partial charge in [0.25, 0.3) is 0 Å². The molecule has 0 aliphatic heterocycles. The van der Waals surface area contributed by atoms with Gasteiger partial charge in [-0.15, -0.1) is 0 Å². The zero-order chi connectivity index (χ0) is 12.4. The van der Waals surface area contributed by atoms with Gasteiger partial charge in [0, 0.05) is 26.1 Å². The Kier molecular flexibility index (Phi) is 9.60. The van der Waals surface area contributed by atoms with Gasteiger partial charge < -0.3 is 4.74 Å². The summed E-state index contributed by atoms with van der Waals surface area (Å²) in [5.74, 6) is 1.72. The first-order valence-electron chi connectivity index (χ1n) is 6.61. The molecule has 0 radical (unpaired) electrons. The molecule has 16 heavy (non-hydrogen) atoms. The molecule has 0 fully saturated rings. The Morgan fingerprint density at radius 1 is 0.938 bits per heavy atom. The molecule has 0 aromatic carbocycles. The van der Waals surface area contributed by atoms with Crippen LogP contribution < -0.4 is 0 Å². The Balaban J connectivity index is 3.21. The minimum atomic E-state index is 0.390. The summed E-state index contributed by atoms with van der Waals surface area (Å²) in [7, 11) is 0. The largest absolute Gasteiger partial charge is 0.381 e. The predicted molar refractivity (Wildman–Crippen MR) is 68.6 cm³/mol. The minimum Gasteiger partial charge on any atom is -0.381 e. The standard InChI is InChI=1S/C14H28O2/c1-12(2)7-8-14(15)6-5-10-16-11-9-13(3)4/h12-13H,5-11H2,1-4H3. The molecule has 0 spiro atoms. The van der Waals surface area contributed by atoms with E-state index in [2.05, 4.69) is 27.7 Å². The Labute approximate surface area is 101 Å². The summed E-state index contributed by atoms with van der Waals surface area (Å²) < 4.78 is 5.47. The number of rotatable bonds is 10. The molecular formula is C14H28O2. The normalized spacial score (nSPS) is 11.4. The summed E-state index contributed by atoms with van der Waals surface area (Å²) in [6.45, 7) is 10.3. The molecule has 0 aliphatic rings. The van der Waals surface area contributed by atoms with Crippen molar-refractivity contribution in [2.75, 3.05) is 13.2 Å². The molecule has 0 unspecified atom stereocenters. The lowest BCUT2D eigenvalue weighted by Gasteiger charge is -2.06. The highest BCUT2D eigenvalue weighted by molar-refractivity contribution is 5.78. The molecule has 0 saturated carbocycles. The maximum Gasteiger partial charge on any atom is 0.133 e. The van der Waals surface area contributed by atoms with E-state index in [0.717, 1.165) is 38.9 Å². The van der Waals surface area contributed by atoms with Crippen molar-refractivity contribution in [2.45, 2.75) is 59.8 Å². The van der Waals surface area contributed by atoms with Crippen LogP contribution in [0.5, 0.6) is 0 Å². The molecular weight excluding hydrogens is 200 g/mol. The van der Waals surface area contributed by atoms with E-state index < -0.39 is 0 Å². The molecule has 0 heterocycles. The van der Waals surface area contributed by atoms with E-state index in [-0.39, 0.29) is 0 Å². The summed E-state index contributed by atoms with van der Waals surface area (Å²) in [5.41, 5.74) is 0. The third kappa shape index (κ3) is 11.7. The van der Waals surface area contributed by atoms with Crippen molar-refractivity contribution in [2.24, 2.45) is 11.8 Å². The molecule has 0 N–H and O–H groups in total. The van der Waals surface area contributed by atoms with Gasteiger partial charge in [0.05, 0.1) is 0 Å². The van der Waals surface area contributed by atoms with Crippen LogP contribution in [-0.4, -0.2) is 19.0 Å². The Bertz CT molecular complexity index is 174. The second-order valence-electron chi connectivity index (χ2n) is 5.37. The maximum absolute atomic E-state index is 11.4. The van der Waals surface area contributed by atoms with Gasteiger partial charge in [-0.25, -0.2) is 0 Å². The van der Waals surface area contributed by atoms with Crippen LogP contribution in [0.4, 0.5) is 0 Å². The summed E-state index contributed by atoms with van der Waals surface area (Å²) in [6, 6.07) is 0. The summed E-state index contributed by atoms with van der Waals surface area (Å²) in [5, 5.41) is 0. The lowest BCUT2D eigenvalue weighted by molar-refractivity contribution is -0.119. The molecule has 0 amide bonds. The van der Waals surface area contributed by atoms with Crippen molar-refractivity contribution < 1.29 is 9.53 Å². The Morgan fingerprint density at radius 3 is 2.12 bits per heavy atom. The molecule has 0 saturated heterocycles. The highest BCUT2D eigenvalue weighted by Crippen LogP contribution is 2.07. The van der Waals surface area contributed by atoms with E-state index in [1.54, 1.807) is 0 Å². The van der Waals surface area contributed by atoms with Crippen molar-refractivity contribution in [3.8, 4) is 0 Å². The van der Waals surface area contributed by atoms with Gasteiger partial charge in [-0.3, -0.25) is 4.79 Å². The third-order valence-electron chi connectivity index (χ3n) is 2.58. The lowest BCUT2D eigenvalue weighted by Crippen LogP contribution is -2.04. The molecule has 2 heteroatoms. The van der Waals surface area contributed by atoms with Crippen molar-refractivity contribution in [1.29, 1.82) is 0 Å². The molecule has 0 bridgehead atoms. The lowest BCUT2D eigenvalue weighted by atomic mass is 10.0. The molecule has 0 aromatic rings. The first kappa shape index (κ1) is 15.6. The van der Waals surface area contributed by atoms with Gasteiger partial charge in [-0.2, -0.15) is 0 Å². The maximum atomic E-state index is 11.4. The zero-order valence-corrected chi connectivity index (χ0v) is 11.4. The van der Waals surface area contributed by atoms with Crippen molar-refractivity contribution in [3.63, 3.8) is 0 Å². The number of hydrogen-bond donors (Lipinski definition) is 0. The van der Waals surface area contributed by atoms with Crippen LogP contribution in [0.3, 0.4) is 0 Å². The third-order valence-corrected chi connectivity index (χ3v) is 2.58. The summed E-state index contributed by atoms with van der Waals surface area (Å²) >= 11 is 0. The molecule has 0 atom stereocenters. The fourth-order valence-electron chi connectivity index (χ4n) is 1.37. The van der Waals surface area contributed by atoms with Crippen LogP contribution in [0.2, 0.25) is 0 Å². The first-order valence-corrected chi connectivity index (χ1v) is 6.61. The van der Waals surface area contributed by atoms with E-state index in [1.165, 1.54) is 0 Å². The monoisotopic (exact) mass is 228 g/mol. The van der Waals surface area contributed by atoms with Gasteiger partial charge in [-0.1, -0.05) is 27.7 Å². The van der Waals surface area contributed by atoms with E-state index in [9.17, 15) is 4.79 Å². The van der Waals surface area contributed by atoms with Crippen LogP contribution in [0.1, 0.15) is 59.8 Å². The van der Waals surface area contributed by atoms with E-state index in [0.29, 0.717) is 24.0 Å². The molecule has 96 valence electrons. The molecule has 0 aliphatic carbocycles. The smallest absolute Gasteiger partial charge is 0.133 e. The number of ether oxygens (including phenoxy) is 1. The van der Waals surface area contributed by atoms with Crippen LogP contribution in [-0.2, 0) is 9.53 Å². The van der Waals surface area contributed by atoms with Gasteiger partial charge in [-0.05, 0) is 31.1 Å². The number of carbonyl (C=O) groups is 1. The van der Waals surface area contributed by atoms with E-state index in [4.69, 9.17) is 4.74 Å². The van der Waals surface area contributed by atoms with E-state index >= 15 is 0 Å². The number of carbonyl (C=O) groups excluding carboxylic acids is 1. The summed E-state index contributed by atoms with van der Waals surface area (Å²) in [4.78, 5) is 11.4. The van der Waals surface area contributed by atoms with Crippen molar-refractivity contribution in [3.05, 3.63) is 0 Å². The quantitative estimate of drug-likeness (QED) is 0.531. The SMILES string of the molecule is CC(C)CCOCCCC(=O)CCC(C)C. The first-order chi connectivity index (χ1) is 7.52. The Hall–Kier alpha value is -0.370. The average Bonchev–Trinajstić information content (AvgIpc) is 2.19. The predicted octanol–water partition coefficient (Wildman–Crippen LogP) is 3.83. The minimum absolute atomic E-state index is 0.390. The number of ketones is 1.